The number of pyridine rings is 1. The molecule has 3 heterocycles. The van der Waals surface area contributed by atoms with E-state index in [-0.39, 0.29) is 11.3 Å². The van der Waals surface area contributed by atoms with Gasteiger partial charge in [-0.25, -0.2) is 0 Å². The van der Waals surface area contributed by atoms with Crippen LogP contribution < -0.4 is 0 Å². The van der Waals surface area contributed by atoms with Crippen molar-refractivity contribution in [2.45, 2.75) is 12.5 Å². The highest BCUT2D eigenvalue weighted by Crippen LogP contribution is 2.40. The predicted octanol–water partition coefficient (Wildman–Crippen LogP) is 2.94. The minimum atomic E-state index is -0.672. The maximum atomic E-state index is 13.0. The van der Waals surface area contributed by atoms with Gasteiger partial charge >= 0.3 is 0 Å². The number of carbonyl (C=O) groups excluding carboxylic acids is 2. The average Bonchev–Trinajstić information content (AvgIpc) is 3.28. The number of likely N-dealkylation sites (tertiary alicyclic amines) is 1. The van der Waals surface area contributed by atoms with Crippen LogP contribution in [0.1, 0.15) is 23.6 Å². The van der Waals surface area contributed by atoms with E-state index in [4.69, 9.17) is 0 Å². The second kappa shape index (κ2) is 8.12. The Hall–Kier alpha value is -3.45. The summed E-state index contributed by atoms with van der Waals surface area (Å²) in [5.41, 5.74) is 2.15. The summed E-state index contributed by atoms with van der Waals surface area (Å²) in [6.45, 7) is 1.19. The molecule has 1 amide bonds. The highest BCUT2D eigenvalue weighted by molar-refractivity contribution is 6.46. The molecule has 0 unspecified atom stereocenters. The van der Waals surface area contributed by atoms with Crippen LogP contribution in [0.4, 0.5) is 0 Å². The third-order valence-corrected chi connectivity index (χ3v) is 5.39. The quantitative estimate of drug-likeness (QED) is 0.375. The standard InChI is InChI=1S/C23H24N4O3/c1-26(2)11-6-12-27-20(15-7-5-10-24-13-15)19(22(29)23(27)30)21(28)17-14-25-18-9-4-3-8-16(17)18/h3-5,7-10,13-14,20,25,28H,6,11-12H2,1-2H3/b21-19+/t20-/m0/s1. The number of benzene rings is 1. The number of carbonyl (C=O) groups is 2. The van der Waals surface area contributed by atoms with E-state index >= 15 is 0 Å². The number of nitrogens with zero attached hydrogens (tertiary/aromatic N) is 3. The molecular formula is C23H24N4O3. The number of aliphatic hydroxyl groups is 1. The van der Waals surface area contributed by atoms with E-state index in [0.29, 0.717) is 24.1 Å². The van der Waals surface area contributed by atoms with E-state index in [1.165, 1.54) is 0 Å². The molecule has 1 aliphatic heterocycles. The van der Waals surface area contributed by atoms with Gasteiger partial charge in [0.15, 0.2) is 0 Å². The molecule has 30 heavy (non-hydrogen) atoms. The van der Waals surface area contributed by atoms with Crippen LogP contribution in [-0.4, -0.2) is 63.7 Å². The highest BCUT2D eigenvalue weighted by atomic mass is 16.3. The van der Waals surface area contributed by atoms with E-state index < -0.39 is 17.7 Å². The number of fused-ring (bicyclic) bond motifs is 1. The van der Waals surface area contributed by atoms with Gasteiger partial charge in [0.2, 0.25) is 0 Å². The Morgan fingerprint density at radius 2 is 2.00 bits per heavy atom. The zero-order valence-corrected chi connectivity index (χ0v) is 17.0. The molecule has 2 N–H and O–H groups in total. The molecule has 4 rings (SSSR count). The van der Waals surface area contributed by atoms with Crippen LogP contribution in [0.2, 0.25) is 0 Å². The van der Waals surface area contributed by atoms with E-state index in [0.717, 1.165) is 17.4 Å². The van der Waals surface area contributed by atoms with Gasteiger partial charge in [0.25, 0.3) is 11.7 Å². The fourth-order valence-electron chi connectivity index (χ4n) is 3.96. The molecular weight excluding hydrogens is 380 g/mol. The van der Waals surface area contributed by atoms with Crippen molar-refractivity contribution >= 4 is 28.4 Å². The average molecular weight is 404 g/mol. The molecule has 7 nitrogen and oxygen atoms in total. The number of aliphatic hydroxyl groups excluding tert-OH is 1. The summed E-state index contributed by atoms with van der Waals surface area (Å²) in [6, 6.07) is 10.4. The number of Topliss-reactive ketones (excluding diaryl/α,β-unsaturated/α-hetero) is 1. The Morgan fingerprint density at radius 3 is 2.73 bits per heavy atom. The third kappa shape index (κ3) is 3.48. The van der Waals surface area contributed by atoms with Crippen molar-refractivity contribution in [3.63, 3.8) is 0 Å². The van der Waals surface area contributed by atoms with Crippen LogP contribution in [0.3, 0.4) is 0 Å². The Morgan fingerprint density at radius 1 is 1.20 bits per heavy atom. The lowest BCUT2D eigenvalue weighted by Gasteiger charge is -2.25. The Balaban J connectivity index is 1.83. The van der Waals surface area contributed by atoms with Crippen molar-refractivity contribution in [1.82, 2.24) is 19.8 Å². The van der Waals surface area contributed by atoms with Gasteiger partial charge in [-0.1, -0.05) is 24.3 Å². The SMILES string of the molecule is CN(C)CCCN1C(=O)C(=O)/C(=C(/O)c2c[nH]c3ccccc23)[C@@H]1c1cccnc1. The van der Waals surface area contributed by atoms with Gasteiger partial charge in [-0.05, 0) is 44.8 Å². The summed E-state index contributed by atoms with van der Waals surface area (Å²) in [5, 5.41) is 12.0. The Bertz CT molecular complexity index is 1120. The highest BCUT2D eigenvalue weighted by Gasteiger charge is 2.46. The number of ketones is 1. The van der Waals surface area contributed by atoms with Crippen molar-refractivity contribution < 1.29 is 14.7 Å². The molecule has 1 fully saturated rings. The molecule has 0 bridgehead atoms. The normalized spacial score (nSPS) is 18.6. The fourth-order valence-corrected chi connectivity index (χ4v) is 3.96. The lowest BCUT2D eigenvalue weighted by atomic mass is 9.96. The number of nitrogens with one attached hydrogen (secondary N) is 1. The second-order valence-electron chi connectivity index (χ2n) is 7.68. The van der Waals surface area contributed by atoms with Crippen molar-refractivity contribution in [3.8, 4) is 0 Å². The van der Waals surface area contributed by atoms with Crippen molar-refractivity contribution in [2.24, 2.45) is 0 Å². The molecule has 3 aromatic rings. The minimum absolute atomic E-state index is 0.0996. The number of hydrogen-bond donors (Lipinski definition) is 2. The Labute approximate surface area is 174 Å². The lowest BCUT2D eigenvalue weighted by molar-refractivity contribution is -0.139. The van der Waals surface area contributed by atoms with Crippen LogP contribution in [0, 0.1) is 0 Å². The largest absolute Gasteiger partial charge is 0.507 e. The first kappa shape index (κ1) is 19.8. The third-order valence-electron chi connectivity index (χ3n) is 5.39. The summed E-state index contributed by atoms with van der Waals surface area (Å²) in [4.78, 5) is 36.8. The number of rotatable bonds is 6. The lowest BCUT2D eigenvalue weighted by Crippen LogP contribution is -2.32. The van der Waals surface area contributed by atoms with E-state index in [9.17, 15) is 14.7 Å². The fraction of sp³-hybridized carbons (Fsp3) is 0.261. The molecule has 1 saturated heterocycles. The van der Waals surface area contributed by atoms with Gasteiger partial charge in [-0.2, -0.15) is 0 Å². The number of aromatic nitrogens is 2. The van der Waals surface area contributed by atoms with Gasteiger partial charge in [-0.15, -0.1) is 0 Å². The Kier molecular flexibility index (Phi) is 5.37. The topological polar surface area (TPSA) is 89.5 Å². The first-order valence-electron chi connectivity index (χ1n) is 9.88. The summed E-state index contributed by atoms with van der Waals surface area (Å²) in [5.74, 6) is -1.43. The summed E-state index contributed by atoms with van der Waals surface area (Å²) in [6.07, 6.45) is 5.66. The maximum Gasteiger partial charge on any atom is 0.295 e. The van der Waals surface area contributed by atoms with Crippen LogP contribution in [-0.2, 0) is 9.59 Å². The predicted molar refractivity (Wildman–Crippen MR) is 115 cm³/mol. The molecule has 0 saturated carbocycles. The van der Waals surface area contributed by atoms with Gasteiger partial charge < -0.3 is 19.9 Å². The number of para-hydroxylation sites is 1. The zero-order valence-electron chi connectivity index (χ0n) is 17.0. The van der Waals surface area contributed by atoms with E-state index in [1.54, 1.807) is 29.6 Å². The summed E-state index contributed by atoms with van der Waals surface area (Å²) >= 11 is 0. The second-order valence-corrected chi connectivity index (χ2v) is 7.68. The van der Waals surface area contributed by atoms with E-state index in [2.05, 4.69) is 9.97 Å². The van der Waals surface area contributed by atoms with Crippen LogP contribution in [0.25, 0.3) is 16.7 Å². The monoisotopic (exact) mass is 404 g/mol. The molecule has 0 aliphatic carbocycles. The minimum Gasteiger partial charge on any atom is -0.507 e. The summed E-state index contributed by atoms with van der Waals surface area (Å²) < 4.78 is 0. The van der Waals surface area contributed by atoms with E-state index in [1.807, 2.05) is 49.3 Å². The number of aromatic amines is 1. The van der Waals surface area contributed by atoms with Gasteiger partial charge in [0.1, 0.15) is 5.76 Å². The van der Waals surface area contributed by atoms with Crippen molar-refractivity contribution in [2.75, 3.05) is 27.2 Å². The van der Waals surface area contributed by atoms with Crippen LogP contribution in [0.15, 0.2) is 60.6 Å². The first-order valence-corrected chi connectivity index (χ1v) is 9.88. The van der Waals surface area contributed by atoms with Gasteiger partial charge in [-0.3, -0.25) is 14.6 Å². The molecule has 0 radical (unpaired) electrons. The zero-order chi connectivity index (χ0) is 21.3. The number of hydrogen-bond acceptors (Lipinski definition) is 5. The summed E-state index contributed by atoms with van der Waals surface area (Å²) in [7, 11) is 3.92. The molecule has 2 aromatic heterocycles. The van der Waals surface area contributed by atoms with Crippen molar-refractivity contribution in [3.05, 3.63) is 71.7 Å². The molecule has 154 valence electrons. The maximum absolute atomic E-state index is 13.0. The number of amides is 1. The number of H-pyrrole nitrogens is 1. The van der Waals surface area contributed by atoms with Gasteiger partial charge in [0, 0.05) is 41.6 Å². The molecule has 1 aliphatic rings. The first-order chi connectivity index (χ1) is 14.5. The van der Waals surface area contributed by atoms with Crippen LogP contribution in [0.5, 0.6) is 0 Å². The van der Waals surface area contributed by atoms with Gasteiger partial charge in [0.05, 0.1) is 11.6 Å². The van der Waals surface area contributed by atoms with Crippen LogP contribution >= 0.6 is 0 Å². The molecule has 7 heteroatoms. The smallest absolute Gasteiger partial charge is 0.295 e. The molecule has 0 spiro atoms. The molecule has 1 aromatic carbocycles. The van der Waals surface area contributed by atoms with Crippen molar-refractivity contribution in [1.29, 1.82) is 0 Å². The molecule has 1 atom stereocenters.